The molecule has 0 fully saturated rings. The summed E-state index contributed by atoms with van der Waals surface area (Å²) in [5.41, 5.74) is 8.12. The van der Waals surface area contributed by atoms with Gasteiger partial charge < -0.3 is 10.5 Å². The molecule has 1 atom stereocenters. The van der Waals surface area contributed by atoms with E-state index >= 15 is 0 Å². The minimum atomic E-state index is 0.313. The first-order valence-electron chi connectivity index (χ1n) is 6.59. The fraction of sp³-hybridized carbons (Fsp3) is 0.312. The lowest BCUT2D eigenvalue weighted by atomic mass is 9.98. The molecule has 2 N–H and O–H groups in total. The molecule has 0 bridgehead atoms. The highest BCUT2D eigenvalue weighted by Crippen LogP contribution is 2.21. The predicted molar refractivity (Wildman–Crippen MR) is 77.3 cm³/mol. The molecule has 0 saturated carbocycles. The molecule has 100 valence electrons. The number of aromatic nitrogens is 1. The summed E-state index contributed by atoms with van der Waals surface area (Å²) in [7, 11) is 0. The van der Waals surface area contributed by atoms with Crippen LogP contribution in [-0.2, 0) is 0 Å². The first-order chi connectivity index (χ1) is 9.29. The summed E-state index contributed by atoms with van der Waals surface area (Å²) >= 11 is 0. The third kappa shape index (κ3) is 4.07. The van der Waals surface area contributed by atoms with Crippen LogP contribution in [-0.4, -0.2) is 18.1 Å². The first-order valence-corrected chi connectivity index (χ1v) is 6.59. The van der Waals surface area contributed by atoms with Crippen molar-refractivity contribution in [3.8, 4) is 5.75 Å². The van der Waals surface area contributed by atoms with E-state index in [-0.39, 0.29) is 0 Å². The Morgan fingerprint density at radius 3 is 2.68 bits per heavy atom. The SMILES string of the molecule is Cc1cccc(OCC(CCN)c2ccncc2)c1. The van der Waals surface area contributed by atoms with Crippen molar-refractivity contribution in [1.29, 1.82) is 0 Å². The molecule has 0 amide bonds. The zero-order valence-corrected chi connectivity index (χ0v) is 11.3. The van der Waals surface area contributed by atoms with Crippen LogP contribution < -0.4 is 10.5 Å². The van der Waals surface area contributed by atoms with Crippen LogP contribution in [0.4, 0.5) is 0 Å². The van der Waals surface area contributed by atoms with Crippen molar-refractivity contribution in [2.24, 2.45) is 5.73 Å². The van der Waals surface area contributed by atoms with Gasteiger partial charge in [-0.1, -0.05) is 12.1 Å². The van der Waals surface area contributed by atoms with Crippen LogP contribution in [0.25, 0.3) is 0 Å². The van der Waals surface area contributed by atoms with Crippen LogP contribution in [0.1, 0.15) is 23.5 Å². The highest BCUT2D eigenvalue weighted by molar-refractivity contribution is 5.27. The molecule has 0 aliphatic carbocycles. The Labute approximate surface area is 114 Å². The van der Waals surface area contributed by atoms with Crippen LogP contribution >= 0.6 is 0 Å². The van der Waals surface area contributed by atoms with Crippen molar-refractivity contribution in [2.75, 3.05) is 13.2 Å². The summed E-state index contributed by atoms with van der Waals surface area (Å²) in [5.74, 6) is 1.23. The Kier molecular flexibility index (Phi) is 4.93. The quantitative estimate of drug-likeness (QED) is 0.864. The molecule has 0 spiro atoms. The summed E-state index contributed by atoms with van der Waals surface area (Å²) in [6.07, 6.45) is 4.53. The highest BCUT2D eigenvalue weighted by Gasteiger charge is 2.11. The second-order valence-electron chi connectivity index (χ2n) is 4.68. The number of hydrogen-bond acceptors (Lipinski definition) is 3. The molecule has 2 rings (SSSR count). The average molecular weight is 256 g/mol. The van der Waals surface area contributed by atoms with Gasteiger partial charge in [-0.05, 0) is 55.3 Å². The monoisotopic (exact) mass is 256 g/mol. The van der Waals surface area contributed by atoms with Crippen molar-refractivity contribution in [2.45, 2.75) is 19.3 Å². The fourth-order valence-electron chi connectivity index (χ4n) is 2.08. The summed E-state index contributed by atoms with van der Waals surface area (Å²) < 4.78 is 5.88. The van der Waals surface area contributed by atoms with E-state index < -0.39 is 0 Å². The molecule has 2 aromatic rings. The Balaban J connectivity index is 2.01. The van der Waals surface area contributed by atoms with Crippen molar-refractivity contribution >= 4 is 0 Å². The Morgan fingerprint density at radius 1 is 1.21 bits per heavy atom. The third-order valence-electron chi connectivity index (χ3n) is 3.13. The molecule has 0 aliphatic rings. The second-order valence-corrected chi connectivity index (χ2v) is 4.68. The molecule has 19 heavy (non-hydrogen) atoms. The van der Waals surface area contributed by atoms with Gasteiger partial charge in [-0.25, -0.2) is 0 Å². The lowest BCUT2D eigenvalue weighted by Gasteiger charge is -2.17. The minimum Gasteiger partial charge on any atom is -0.493 e. The maximum atomic E-state index is 5.88. The lowest BCUT2D eigenvalue weighted by molar-refractivity contribution is 0.282. The molecule has 0 aliphatic heterocycles. The van der Waals surface area contributed by atoms with Gasteiger partial charge >= 0.3 is 0 Å². The number of ether oxygens (including phenoxy) is 1. The molecule has 1 heterocycles. The average Bonchev–Trinajstić information content (AvgIpc) is 2.44. The molecular weight excluding hydrogens is 236 g/mol. The highest BCUT2D eigenvalue weighted by atomic mass is 16.5. The van der Waals surface area contributed by atoms with E-state index in [9.17, 15) is 0 Å². The molecule has 3 heteroatoms. The molecule has 0 radical (unpaired) electrons. The zero-order valence-electron chi connectivity index (χ0n) is 11.3. The summed E-state index contributed by atoms with van der Waals surface area (Å²) in [6, 6.07) is 12.2. The number of benzene rings is 1. The number of nitrogens with zero attached hydrogens (tertiary/aromatic N) is 1. The topological polar surface area (TPSA) is 48.1 Å². The number of rotatable bonds is 6. The van der Waals surface area contributed by atoms with E-state index in [4.69, 9.17) is 10.5 Å². The standard InChI is InChI=1S/C16H20N2O/c1-13-3-2-4-16(11-13)19-12-15(5-8-17)14-6-9-18-10-7-14/h2-4,6-7,9-11,15H,5,8,12,17H2,1H3. The van der Waals surface area contributed by atoms with E-state index in [1.54, 1.807) is 0 Å². The van der Waals surface area contributed by atoms with E-state index in [2.05, 4.69) is 18.0 Å². The van der Waals surface area contributed by atoms with Gasteiger partial charge in [-0.3, -0.25) is 4.98 Å². The predicted octanol–water partition coefficient (Wildman–Crippen LogP) is 2.90. The van der Waals surface area contributed by atoms with Gasteiger partial charge in [-0.15, -0.1) is 0 Å². The van der Waals surface area contributed by atoms with Crippen molar-refractivity contribution in [3.05, 3.63) is 59.9 Å². The summed E-state index contributed by atoms with van der Waals surface area (Å²) in [4.78, 5) is 4.05. The summed E-state index contributed by atoms with van der Waals surface area (Å²) in [6.45, 7) is 3.36. The maximum absolute atomic E-state index is 5.88. The number of nitrogens with two attached hydrogens (primary N) is 1. The number of aryl methyl sites for hydroxylation is 1. The van der Waals surface area contributed by atoms with Crippen LogP contribution in [0.15, 0.2) is 48.8 Å². The van der Waals surface area contributed by atoms with Gasteiger partial charge in [0, 0.05) is 18.3 Å². The van der Waals surface area contributed by atoms with Crippen molar-refractivity contribution < 1.29 is 4.74 Å². The smallest absolute Gasteiger partial charge is 0.119 e. The molecular formula is C16H20N2O. The molecule has 1 aromatic carbocycles. The van der Waals surface area contributed by atoms with Crippen molar-refractivity contribution in [3.63, 3.8) is 0 Å². The molecule has 0 saturated heterocycles. The van der Waals surface area contributed by atoms with Crippen LogP contribution in [0, 0.1) is 6.92 Å². The van der Waals surface area contributed by atoms with Gasteiger partial charge in [0.1, 0.15) is 5.75 Å². The maximum Gasteiger partial charge on any atom is 0.119 e. The first kappa shape index (κ1) is 13.6. The largest absolute Gasteiger partial charge is 0.493 e. The van der Waals surface area contributed by atoms with Gasteiger partial charge in [0.25, 0.3) is 0 Å². The number of pyridine rings is 1. The van der Waals surface area contributed by atoms with Crippen LogP contribution in [0.2, 0.25) is 0 Å². The van der Waals surface area contributed by atoms with Gasteiger partial charge in [0.2, 0.25) is 0 Å². The van der Waals surface area contributed by atoms with Gasteiger partial charge in [0.15, 0.2) is 0 Å². The Morgan fingerprint density at radius 2 is 2.00 bits per heavy atom. The van der Waals surface area contributed by atoms with Crippen molar-refractivity contribution in [1.82, 2.24) is 4.98 Å². The molecule has 3 nitrogen and oxygen atoms in total. The van der Waals surface area contributed by atoms with E-state index in [1.165, 1.54) is 11.1 Å². The third-order valence-corrected chi connectivity index (χ3v) is 3.13. The van der Waals surface area contributed by atoms with E-state index in [0.29, 0.717) is 19.1 Å². The number of hydrogen-bond donors (Lipinski definition) is 1. The molecule has 1 aromatic heterocycles. The van der Waals surface area contributed by atoms with Gasteiger partial charge in [0.05, 0.1) is 6.61 Å². The van der Waals surface area contributed by atoms with E-state index in [0.717, 1.165) is 12.2 Å². The lowest BCUT2D eigenvalue weighted by Crippen LogP contribution is -2.15. The van der Waals surface area contributed by atoms with Crippen LogP contribution in [0.5, 0.6) is 5.75 Å². The Bertz CT molecular complexity index is 499. The molecule has 1 unspecified atom stereocenters. The Hall–Kier alpha value is -1.87. The normalized spacial score (nSPS) is 12.1. The fourth-order valence-corrected chi connectivity index (χ4v) is 2.08. The zero-order chi connectivity index (χ0) is 13.5. The van der Waals surface area contributed by atoms with Gasteiger partial charge in [-0.2, -0.15) is 0 Å². The summed E-state index contributed by atoms with van der Waals surface area (Å²) in [5, 5.41) is 0. The van der Waals surface area contributed by atoms with E-state index in [1.807, 2.05) is 42.7 Å². The minimum absolute atomic E-state index is 0.313. The van der Waals surface area contributed by atoms with Crippen LogP contribution in [0.3, 0.4) is 0 Å². The second kappa shape index (κ2) is 6.90.